The van der Waals surface area contributed by atoms with E-state index in [0.29, 0.717) is 5.56 Å². The Morgan fingerprint density at radius 2 is 1.91 bits per heavy atom. The predicted octanol–water partition coefficient (Wildman–Crippen LogP) is 2.25. The number of rotatable bonds is 4. The van der Waals surface area contributed by atoms with Gasteiger partial charge in [0.25, 0.3) is 0 Å². The number of nitrogens with one attached hydrogen (secondary N) is 2. The largest absolute Gasteiger partial charge is 0.416 e. The van der Waals surface area contributed by atoms with Crippen LogP contribution in [0.1, 0.15) is 16.7 Å². The number of hydrogen-bond acceptors (Lipinski definition) is 2. The van der Waals surface area contributed by atoms with E-state index in [1.807, 2.05) is 0 Å². The molecular formula is C15H13F3N2O2. The van der Waals surface area contributed by atoms with Crippen molar-refractivity contribution in [3.63, 3.8) is 0 Å². The second-order valence-electron chi connectivity index (χ2n) is 4.71. The van der Waals surface area contributed by atoms with E-state index in [9.17, 15) is 22.8 Å². The highest BCUT2D eigenvalue weighted by atomic mass is 19.4. The summed E-state index contributed by atoms with van der Waals surface area (Å²) in [6.07, 6.45) is -3.11. The zero-order chi connectivity index (χ0) is 16.2. The topological polar surface area (TPSA) is 62.0 Å². The quantitative estimate of drug-likeness (QED) is 0.910. The zero-order valence-corrected chi connectivity index (χ0v) is 11.4. The van der Waals surface area contributed by atoms with Gasteiger partial charge in [-0.3, -0.25) is 9.59 Å². The normalized spacial score (nSPS) is 11.2. The van der Waals surface area contributed by atoms with Gasteiger partial charge < -0.3 is 10.3 Å². The summed E-state index contributed by atoms with van der Waals surface area (Å²) < 4.78 is 37.7. The van der Waals surface area contributed by atoms with Crippen molar-refractivity contribution in [3.8, 4) is 0 Å². The summed E-state index contributed by atoms with van der Waals surface area (Å²) in [6.45, 7) is 0.189. The summed E-state index contributed by atoms with van der Waals surface area (Å²) in [7, 11) is 0. The molecule has 2 aromatic rings. The van der Waals surface area contributed by atoms with Gasteiger partial charge in [-0.1, -0.05) is 24.3 Å². The summed E-state index contributed by atoms with van der Waals surface area (Å²) in [4.78, 5) is 25.1. The maximum atomic E-state index is 12.6. The summed E-state index contributed by atoms with van der Waals surface area (Å²) in [5.41, 5.74) is -0.0525. The number of pyridine rings is 1. The van der Waals surface area contributed by atoms with E-state index in [-0.39, 0.29) is 24.1 Å². The van der Waals surface area contributed by atoms with E-state index in [0.717, 1.165) is 12.1 Å². The highest BCUT2D eigenvalue weighted by Gasteiger charge is 2.30. The van der Waals surface area contributed by atoms with E-state index in [2.05, 4.69) is 10.3 Å². The maximum Gasteiger partial charge on any atom is 0.416 e. The van der Waals surface area contributed by atoms with Crippen LogP contribution in [0.5, 0.6) is 0 Å². The molecule has 0 unspecified atom stereocenters. The van der Waals surface area contributed by atoms with Crippen molar-refractivity contribution in [3.05, 3.63) is 69.6 Å². The first-order valence-corrected chi connectivity index (χ1v) is 6.45. The Morgan fingerprint density at radius 1 is 1.14 bits per heavy atom. The first kappa shape index (κ1) is 15.8. The highest BCUT2D eigenvalue weighted by Crippen LogP contribution is 2.29. The summed E-state index contributed by atoms with van der Waals surface area (Å²) in [6, 6.07) is 7.54. The molecule has 0 saturated carbocycles. The number of carbonyl (C=O) groups is 1. The van der Waals surface area contributed by atoms with Gasteiger partial charge in [0, 0.05) is 18.8 Å². The SMILES string of the molecule is O=C(Cc1cccc(C(F)(F)F)c1)NCc1ccc(=O)[nH]c1. The fraction of sp³-hybridized carbons (Fsp3) is 0.200. The minimum Gasteiger partial charge on any atom is -0.352 e. The van der Waals surface area contributed by atoms with Gasteiger partial charge >= 0.3 is 6.18 Å². The molecule has 0 aliphatic rings. The van der Waals surface area contributed by atoms with Gasteiger partial charge in [-0.05, 0) is 17.2 Å². The van der Waals surface area contributed by atoms with Gasteiger partial charge in [-0.15, -0.1) is 0 Å². The molecule has 1 amide bonds. The molecule has 1 aromatic heterocycles. The smallest absolute Gasteiger partial charge is 0.352 e. The van der Waals surface area contributed by atoms with Crippen LogP contribution in [0.15, 0.2) is 47.4 Å². The van der Waals surface area contributed by atoms with Crippen LogP contribution in [0.2, 0.25) is 0 Å². The van der Waals surface area contributed by atoms with Crippen molar-refractivity contribution in [1.82, 2.24) is 10.3 Å². The van der Waals surface area contributed by atoms with Crippen LogP contribution in [-0.2, 0) is 23.9 Å². The van der Waals surface area contributed by atoms with E-state index < -0.39 is 17.6 Å². The molecule has 2 rings (SSSR count). The molecule has 4 nitrogen and oxygen atoms in total. The second-order valence-corrected chi connectivity index (χ2v) is 4.71. The standard InChI is InChI=1S/C15H13F3N2O2/c16-15(17,18)12-3-1-2-10(6-12)7-14(22)20-9-11-4-5-13(21)19-8-11/h1-6,8H,7,9H2,(H,19,21)(H,20,22). The lowest BCUT2D eigenvalue weighted by molar-refractivity contribution is -0.137. The Bertz CT molecular complexity index is 703. The second kappa shape index (κ2) is 6.46. The van der Waals surface area contributed by atoms with Crippen LogP contribution < -0.4 is 10.9 Å². The number of halogens is 3. The Morgan fingerprint density at radius 3 is 2.55 bits per heavy atom. The van der Waals surface area contributed by atoms with Crippen LogP contribution >= 0.6 is 0 Å². The lowest BCUT2D eigenvalue weighted by atomic mass is 10.1. The van der Waals surface area contributed by atoms with Crippen LogP contribution in [0.4, 0.5) is 13.2 Å². The predicted molar refractivity (Wildman–Crippen MR) is 74.1 cm³/mol. The molecule has 2 N–H and O–H groups in total. The Labute approximate surface area is 124 Å². The Hall–Kier alpha value is -2.57. The molecule has 0 saturated heterocycles. The molecule has 0 fully saturated rings. The minimum absolute atomic E-state index is 0.146. The van der Waals surface area contributed by atoms with E-state index in [1.54, 1.807) is 6.07 Å². The van der Waals surface area contributed by atoms with Crippen LogP contribution in [0.3, 0.4) is 0 Å². The number of amides is 1. The Balaban J connectivity index is 1.94. The van der Waals surface area contributed by atoms with Crippen molar-refractivity contribution in [2.24, 2.45) is 0 Å². The molecule has 1 aromatic carbocycles. The molecular weight excluding hydrogens is 297 g/mol. The number of alkyl halides is 3. The number of aromatic amines is 1. The van der Waals surface area contributed by atoms with Crippen molar-refractivity contribution >= 4 is 5.91 Å². The molecule has 22 heavy (non-hydrogen) atoms. The monoisotopic (exact) mass is 310 g/mol. The number of hydrogen-bond donors (Lipinski definition) is 2. The molecule has 7 heteroatoms. The van der Waals surface area contributed by atoms with Crippen molar-refractivity contribution in [2.45, 2.75) is 19.1 Å². The lowest BCUT2D eigenvalue weighted by Crippen LogP contribution is -2.25. The number of carbonyl (C=O) groups excluding carboxylic acids is 1. The molecule has 0 spiro atoms. The third kappa shape index (κ3) is 4.47. The molecule has 1 heterocycles. The lowest BCUT2D eigenvalue weighted by Gasteiger charge is -2.09. The van der Waals surface area contributed by atoms with Crippen molar-refractivity contribution < 1.29 is 18.0 Å². The van der Waals surface area contributed by atoms with Crippen molar-refractivity contribution in [1.29, 1.82) is 0 Å². The van der Waals surface area contributed by atoms with Gasteiger partial charge in [0.15, 0.2) is 0 Å². The fourth-order valence-corrected chi connectivity index (χ4v) is 1.86. The zero-order valence-electron chi connectivity index (χ0n) is 11.4. The van der Waals surface area contributed by atoms with Gasteiger partial charge in [0.2, 0.25) is 11.5 Å². The summed E-state index contributed by atoms with van der Waals surface area (Å²) in [5.74, 6) is -0.398. The van der Waals surface area contributed by atoms with E-state index in [4.69, 9.17) is 0 Å². The van der Waals surface area contributed by atoms with E-state index in [1.165, 1.54) is 24.4 Å². The first-order chi connectivity index (χ1) is 10.3. The van der Waals surface area contributed by atoms with Gasteiger partial charge in [0.1, 0.15) is 0 Å². The number of benzene rings is 1. The number of H-pyrrole nitrogens is 1. The molecule has 116 valence electrons. The summed E-state index contributed by atoms with van der Waals surface area (Å²) >= 11 is 0. The molecule has 0 aliphatic carbocycles. The van der Waals surface area contributed by atoms with Crippen LogP contribution in [0.25, 0.3) is 0 Å². The minimum atomic E-state index is -4.43. The van der Waals surface area contributed by atoms with E-state index >= 15 is 0 Å². The van der Waals surface area contributed by atoms with Crippen molar-refractivity contribution in [2.75, 3.05) is 0 Å². The average Bonchev–Trinajstić information content (AvgIpc) is 2.46. The average molecular weight is 310 g/mol. The molecule has 0 radical (unpaired) electrons. The van der Waals surface area contributed by atoms with Gasteiger partial charge in [-0.25, -0.2) is 0 Å². The fourth-order valence-electron chi connectivity index (χ4n) is 1.86. The molecule has 0 atom stereocenters. The molecule has 0 bridgehead atoms. The number of aromatic nitrogens is 1. The molecule has 0 aliphatic heterocycles. The van der Waals surface area contributed by atoms with Crippen LogP contribution in [-0.4, -0.2) is 10.9 Å². The maximum absolute atomic E-state index is 12.6. The highest BCUT2D eigenvalue weighted by molar-refractivity contribution is 5.78. The Kier molecular flexibility index (Phi) is 4.65. The summed E-state index contributed by atoms with van der Waals surface area (Å²) in [5, 5.41) is 2.58. The van der Waals surface area contributed by atoms with Gasteiger partial charge in [0.05, 0.1) is 12.0 Å². The van der Waals surface area contributed by atoms with Gasteiger partial charge in [-0.2, -0.15) is 13.2 Å². The van der Waals surface area contributed by atoms with Crippen LogP contribution in [0, 0.1) is 0 Å². The first-order valence-electron chi connectivity index (χ1n) is 6.45. The third-order valence-corrected chi connectivity index (χ3v) is 2.96. The third-order valence-electron chi connectivity index (χ3n) is 2.96.